The minimum Gasteiger partial charge on any atom is -0.395 e. The number of benzene rings is 1. The molecule has 1 aromatic carbocycles. The van der Waals surface area contributed by atoms with Crippen molar-refractivity contribution in [2.24, 2.45) is 5.73 Å². The molecule has 0 bridgehead atoms. The molecule has 0 aliphatic carbocycles. The number of nitrogens with zero attached hydrogens (tertiary/aromatic N) is 1. The van der Waals surface area contributed by atoms with Crippen LogP contribution in [-0.2, 0) is 0 Å². The first-order valence-corrected chi connectivity index (χ1v) is 6.27. The second kappa shape index (κ2) is 7.26. The summed E-state index contributed by atoms with van der Waals surface area (Å²) < 4.78 is 0. The summed E-state index contributed by atoms with van der Waals surface area (Å²) in [6.45, 7) is 0.693. The van der Waals surface area contributed by atoms with Gasteiger partial charge in [-0.25, -0.2) is 0 Å². The summed E-state index contributed by atoms with van der Waals surface area (Å²) in [7, 11) is 0. The second-order valence-corrected chi connectivity index (χ2v) is 4.98. The molecular formula is C11H16N2O3S. The molecule has 1 atom stereocenters. The van der Waals surface area contributed by atoms with E-state index in [1.165, 1.54) is 23.9 Å². The molecule has 0 radical (unpaired) electrons. The summed E-state index contributed by atoms with van der Waals surface area (Å²) in [6, 6.07) is 6.35. The molecule has 3 N–H and O–H groups in total. The highest BCUT2D eigenvalue weighted by molar-refractivity contribution is 8.00. The Labute approximate surface area is 104 Å². The van der Waals surface area contributed by atoms with E-state index >= 15 is 0 Å². The van der Waals surface area contributed by atoms with E-state index in [1.807, 2.05) is 0 Å². The largest absolute Gasteiger partial charge is 0.395 e. The van der Waals surface area contributed by atoms with Gasteiger partial charge in [-0.1, -0.05) is 0 Å². The normalized spacial score (nSPS) is 12.4. The van der Waals surface area contributed by atoms with Crippen LogP contribution in [0.2, 0.25) is 0 Å². The Bertz CT molecular complexity index is 356. The van der Waals surface area contributed by atoms with Crippen molar-refractivity contribution >= 4 is 17.4 Å². The molecule has 0 aromatic heterocycles. The highest BCUT2D eigenvalue weighted by atomic mass is 32.2. The predicted molar refractivity (Wildman–Crippen MR) is 68.1 cm³/mol. The molecule has 0 fully saturated rings. The van der Waals surface area contributed by atoms with Crippen molar-refractivity contribution in [1.82, 2.24) is 0 Å². The smallest absolute Gasteiger partial charge is 0.269 e. The van der Waals surface area contributed by atoms with Gasteiger partial charge in [-0.05, 0) is 31.5 Å². The molecule has 6 heteroatoms. The summed E-state index contributed by atoms with van der Waals surface area (Å²) in [5.41, 5.74) is 5.49. The summed E-state index contributed by atoms with van der Waals surface area (Å²) >= 11 is 1.52. The zero-order valence-electron chi connectivity index (χ0n) is 9.41. The topological polar surface area (TPSA) is 89.4 Å². The van der Waals surface area contributed by atoms with Gasteiger partial charge in [0.2, 0.25) is 0 Å². The number of aliphatic hydroxyl groups is 1. The SMILES string of the molecule is NCCCC(CO)Sc1ccc([N+](=O)[O-])cc1. The monoisotopic (exact) mass is 256 g/mol. The number of thioether (sulfide) groups is 1. The van der Waals surface area contributed by atoms with Crippen molar-refractivity contribution in [3.05, 3.63) is 34.4 Å². The number of aliphatic hydroxyl groups excluding tert-OH is 1. The zero-order valence-corrected chi connectivity index (χ0v) is 10.2. The summed E-state index contributed by atoms with van der Waals surface area (Å²) in [5, 5.41) is 19.8. The van der Waals surface area contributed by atoms with Gasteiger partial charge < -0.3 is 10.8 Å². The van der Waals surface area contributed by atoms with Crippen molar-refractivity contribution in [3.8, 4) is 0 Å². The molecule has 0 saturated heterocycles. The fourth-order valence-corrected chi connectivity index (χ4v) is 2.41. The first-order chi connectivity index (χ1) is 8.17. The Morgan fingerprint density at radius 1 is 1.41 bits per heavy atom. The van der Waals surface area contributed by atoms with Crippen molar-refractivity contribution in [1.29, 1.82) is 0 Å². The lowest BCUT2D eigenvalue weighted by atomic mass is 10.2. The number of nitrogens with two attached hydrogens (primary N) is 1. The Morgan fingerprint density at radius 3 is 2.53 bits per heavy atom. The van der Waals surface area contributed by atoms with Crippen LogP contribution in [0, 0.1) is 10.1 Å². The van der Waals surface area contributed by atoms with Gasteiger partial charge in [0.25, 0.3) is 5.69 Å². The maximum Gasteiger partial charge on any atom is 0.269 e. The lowest BCUT2D eigenvalue weighted by molar-refractivity contribution is -0.384. The fraction of sp³-hybridized carbons (Fsp3) is 0.455. The molecule has 0 saturated carbocycles. The van der Waals surface area contributed by atoms with Gasteiger partial charge in [0.05, 0.1) is 11.5 Å². The van der Waals surface area contributed by atoms with Gasteiger partial charge >= 0.3 is 0 Å². The van der Waals surface area contributed by atoms with Gasteiger partial charge in [-0.2, -0.15) is 0 Å². The third kappa shape index (κ3) is 4.72. The number of hydrogen-bond acceptors (Lipinski definition) is 5. The van der Waals surface area contributed by atoms with E-state index in [4.69, 9.17) is 5.73 Å². The van der Waals surface area contributed by atoms with Crippen LogP contribution < -0.4 is 5.73 Å². The predicted octanol–water partition coefficient (Wildman–Crippen LogP) is 1.79. The molecule has 5 nitrogen and oxygen atoms in total. The van der Waals surface area contributed by atoms with Crippen LogP contribution in [0.15, 0.2) is 29.2 Å². The Kier molecular flexibility index (Phi) is 5.96. The van der Waals surface area contributed by atoms with E-state index in [0.717, 1.165) is 17.7 Å². The standard InChI is InChI=1S/C11H16N2O3S/c12-7-1-2-11(8-14)17-10-5-3-9(4-6-10)13(15)16/h3-6,11,14H,1-2,7-8,12H2. The number of non-ortho nitro benzene ring substituents is 1. The lowest BCUT2D eigenvalue weighted by Crippen LogP contribution is -2.11. The number of rotatable bonds is 7. The van der Waals surface area contributed by atoms with E-state index in [1.54, 1.807) is 12.1 Å². The van der Waals surface area contributed by atoms with Gasteiger partial charge in [-0.3, -0.25) is 10.1 Å². The Hall–Kier alpha value is -1.11. The molecular weight excluding hydrogens is 240 g/mol. The second-order valence-electron chi connectivity index (χ2n) is 3.60. The van der Waals surface area contributed by atoms with Crippen LogP contribution in [0.1, 0.15) is 12.8 Å². The van der Waals surface area contributed by atoms with E-state index in [2.05, 4.69) is 0 Å². The van der Waals surface area contributed by atoms with Crippen LogP contribution in [0.25, 0.3) is 0 Å². The maximum absolute atomic E-state index is 10.5. The van der Waals surface area contributed by atoms with Crippen LogP contribution in [0.3, 0.4) is 0 Å². The van der Waals surface area contributed by atoms with Crippen molar-refractivity contribution in [3.63, 3.8) is 0 Å². The molecule has 0 spiro atoms. The zero-order chi connectivity index (χ0) is 12.7. The van der Waals surface area contributed by atoms with Crippen LogP contribution in [-0.4, -0.2) is 28.4 Å². The average molecular weight is 256 g/mol. The Morgan fingerprint density at radius 2 is 2.06 bits per heavy atom. The first-order valence-electron chi connectivity index (χ1n) is 5.39. The van der Waals surface area contributed by atoms with Gasteiger partial charge in [0.1, 0.15) is 0 Å². The molecule has 1 unspecified atom stereocenters. The molecule has 0 aliphatic heterocycles. The van der Waals surface area contributed by atoms with Crippen molar-refractivity contribution < 1.29 is 10.0 Å². The highest BCUT2D eigenvalue weighted by Gasteiger charge is 2.10. The lowest BCUT2D eigenvalue weighted by Gasteiger charge is -2.12. The van der Waals surface area contributed by atoms with Crippen molar-refractivity contribution in [2.75, 3.05) is 13.2 Å². The van der Waals surface area contributed by atoms with E-state index < -0.39 is 4.92 Å². The molecule has 1 aromatic rings. The summed E-state index contributed by atoms with van der Waals surface area (Å²) in [5.74, 6) is 0. The minimum absolute atomic E-state index is 0.0804. The molecule has 17 heavy (non-hydrogen) atoms. The van der Waals surface area contributed by atoms with E-state index in [-0.39, 0.29) is 17.5 Å². The van der Waals surface area contributed by atoms with Crippen molar-refractivity contribution in [2.45, 2.75) is 23.0 Å². The molecule has 94 valence electrons. The summed E-state index contributed by atoms with van der Waals surface area (Å²) in [6.07, 6.45) is 1.71. The third-order valence-electron chi connectivity index (χ3n) is 2.28. The average Bonchev–Trinajstić information content (AvgIpc) is 2.35. The van der Waals surface area contributed by atoms with Gasteiger partial charge in [0.15, 0.2) is 0 Å². The highest BCUT2D eigenvalue weighted by Crippen LogP contribution is 2.27. The van der Waals surface area contributed by atoms with Crippen LogP contribution >= 0.6 is 11.8 Å². The van der Waals surface area contributed by atoms with Gasteiger partial charge in [-0.15, -0.1) is 11.8 Å². The third-order valence-corrected chi connectivity index (χ3v) is 3.55. The minimum atomic E-state index is -0.424. The first kappa shape index (κ1) is 14.0. The number of hydrogen-bond donors (Lipinski definition) is 2. The fourth-order valence-electron chi connectivity index (χ4n) is 1.37. The molecule has 0 amide bonds. The van der Waals surface area contributed by atoms with Crippen LogP contribution in [0.4, 0.5) is 5.69 Å². The number of nitro benzene ring substituents is 1. The Balaban J connectivity index is 2.57. The molecule has 0 aliphatic rings. The van der Waals surface area contributed by atoms with Crippen LogP contribution in [0.5, 0.6) is 0 Å². The molecule has 1 rings (SSSR count). The summed E-state index contributed by atoms with van der Waals surface area (Å²) in [4.78, 5) is 11.0. The maximum atomic E-state index is 10.5. The molecule has 0 heterocycles. The van der Waals surface area contributed by atoms with Gasteiger partial charge in [0, 0.05) is 22.3 Å². The number of nitro groups is 1. The van der Waals surface area contributed by atoms with E-state index in [9.17, 15) is 15.2 Å². The quantitative estimate of drug-likeness (QED) is 0.441. The van der Waals surface area contributed by atoms with E-state index in [0.29, 0.717) is 6.54 Å².